The Balaban J connectivity index is 1.87. The lowest BCUT2D eigenvalue weighted by Gasteiger charge is -2.52. The lowest BCUT2D eigenvalue weighted by atomic mass is 9.52. The van der Waals surface area contributed by atoms with Crippen LogP contribution in [0.1, 0.15) is 41.4 Å². The number of nitrogens with two attached hydrogens (primary N) is 1. The van der Waals surface area contributed by atoms with E-state index in [0.717, 1.165) is 0 Å². The van der Waals surface area contributed by atoms with E-state index in [2.05, 4.69) is 4.98 Å². The summed E-state index contributed by atoms with van der Waals surface area (Å²) in [5.41, 5.74) is 2.95. The van der Waals surface area contributed by atoms with Gasteiger partial charge in [-0.3, -0.25) is 28.9 Å². The summed E-state index contributed by atoms with van der Waals surface area (Å²) in [7, 11) is 3.06. The first-order valence-electron chi connectivity index (χ1n) is 11.1. The van der Waals surface area contributed by atoms with E-state index < -0.39 is 64.4 Å². The second-order valence-corrected chi connectivity index (χ2v) is 9.95. The zero-order valence-corrected chi connectivity index (χ0v) is 19.8. The van der Waals surface area contributed by atoms with Gasteiger partial charge >= 0.3 is 0 Å². The van der Waals surface area contributed by atoms with E-state index in [4.69, 9.17) is 17.3 Å². The monoisotopic (exact) mass is 491 g/mol. The Labute approximate surface area is 200 Å². The molecule has 182 valence electrons. The molecule has 34 heavy (non-hydrogen) atoms. The van der Waals surface area contributed by atoms with Gasteiger partial charge in [0.05, 0.1) is 23.2 Å². The van der Waals surface area contributed by atoms with E-state index in [1.807, 2.05) is 6.92 Å². The number of rotatable bonds is 4. The zero-order chi connectivity index (χ0) is 25.3. The molecule has 0 radical (unpaired) electrons. The van der Waals surface area contributed by atoms with Crippen LogP contribution >= 0.6 is 11.6 Å². The number of hydrogen-bond acceptors (Lipinski definition) is 9. The third-order valence-electron chi connectivity index (χ3n) is 7.43. The van der Waals surface area contributed by atoms with Crippen LogP contribution in [0.25, 0.3) is 0 Å². The predicted octanol–water partition coefficient (Wildman–Crippen LogP) is -0.132. The smallest absolute Gasteiger partial charge is 0.235 e. The molecule has 3 aliphatic carbocycles. The Bertz CT molecular complexity index is 1150. The van der Waals surface area contributed by atoms with Crippen LogP contribution in [0.4, 0.5) is 0 Å². The molecule has 0 saturated heterocycles. The highest BCUT2D eigenvalue weighted by Gasteiger charge is 2.69. The highest BCUT2D eigenvalue weighted by atomic mass is 35.5. The SMILES string of the molecule is CCCc1nc(Cl)c2c(c1O)C(=O)C1C(=O)[C@]3(O)C(=O)C(C(N)=O)C(=O)[C@@H](N(C)C)[C@@H]3C[C@@H]1C2. The maximum atomic E-state index is 13.7. The maximum Gasteiger partial charge on any atom is 0.235 e. The van der Waals surface area contributed by atoms with Gasteiger partial charge in [-0.25, -0.2) is 4.98 Å². The predicted molar refractivity (Wildman–Crippen MR) is 118 cm³/mol. The number of nitrogens with zero attached hydrogens (tertiary/aromatic N) is 2. The number of Topliss-reactive ketones (excluding diaryl/α,β-unsaturated/α-hetero) is 4. The van der Waals surface area contributed by atoms with E-state index >= 15 is 0 Å². The van der Waals surface area contributed by atoms with Crippen molar-refractivity contribution in [3.05, 3.63) is 22.0 Å². The van der Waals surface area contributed by atoms with Gasteiger partial charge in [-0.2, -0.15) is 0 Å². The van der Waals surface area contributed by atoms with Gasteiger partial charge < -0.3 is 15.9 Å². The number of fused-ring (bicyclic) bond motifs is 3. The largest absolute Gasteiger partial charge is 0.505 e. The number of primary amides is 1. The minimum Gasteiger partial charge on any atom is -0.505 e. The van der Waals surface area contributed by atoms with Gasteiger partial charge in [0.25, 0.3) is 0 Å². The molecule has 4 N–H and O–H groups in total. The van der Waals surface area contributed by atoms with E-state index in [-0.39, 0.29) is 35.0 Å². The van der Waals surface area contributed by atoms with Crippen molar-refractivity contribution >= 4 is 40.6 Å². The van der Waals surface area contributed by atoms with Crippen molar-refractivity contribution in [3.8, 4) is 5.75 Å². The van der Waals surface area contributed by atoms with Gasteiger partial charge in [0.2, 0.25) is 5.91 Å². The van der Waals surface area contributed by atoms with Gasteiger partial charge in [-0.05, 0) is 39.3 Å². The van der Waals surface area contributed by atoms with Crippen molar-refractivity contribution in [1.29, 1.82) is 0 Å². The normalized spacial score (nSPS) is 32.9. The molecular formula is C23H26ClN3O7. The average Bonchev–Trinajstić information content (AvgIpc) is 2.74. The Morgan fingerprint density at radius 1 is 1.24 bits per heavy atom. The minimum absolute atomic E-state index is 0.0301. The second kappa shape index (κ2) is 8.21. The summed E-state index contributed by atoms with van der Waals surface area (Å²) < 4.78 is 0. The Hall–Kier alpha value is -2.69. The number of carbonyl (C=O) groups is 5. The van der Waals surface area contributed by atoms with Gasteiger partial charge in [0.15, 0.2) is 34.7 Å². The van der Waals surface area contributed by atoms with Crippen LogP contribution in [0.3, 0.4) is 0 Å². The summed E-state index contributed by atoms with van der Waals surface area (Å²) in [4.78, 5) is 71.1. The fraction of sp³-hybridized carbons (Fsp3) is 0.565. The number of hydrogen-bond donors (Lipinski definition) is 3. The zero-order valence-electron chi connectivity index (χ0n) is 19.0. The number of aryl methyl sites for hydroxylation is 1. The summed E-state index contributed by atoms with van der Waals surface area (Å²) in [6.07, 6.45) is 1.04. The molecule has 1 aromatic heterocycles. The molecule has 1 aromatic rings. The first-order chi connectivity index (χ1) is 15.9. The molecule has 11 heteroatoms. The molecule has 3 aliphatic rings. The van der Waals surface area contributed by atoms with Crippen LogP contribution in [0.5, 0.6) is 5.75 Å². The topological polar surface area (TPSA) is 168 Å². The molecule has 2 fully saturated rings. The van der Waals surface area contributed by atoms with Crippen molar-refractivity contribution in [2.75, 3.05) is 14.1 Å². The lowest BCUT2D eigenvalue weighted by molar-refractivity contribution is -0.181. The number of aromatic nitrogens is 1. The van der Waals surface area contributed by atoms with E-state index in [1.54, 1.807) is 0 Å². The molecule has 4 rings (SSSR count). The quantitative estimate of drug-likeness (QED) is 0.383. The fourth-order valence-corrected chi connectivity index (χ4v) is 6.25. The molecule has 10 nitrogen and oxygen atoms in total. The highest BCUT2D eigenvalue weighted by Crippen LogP contribution is 2.51. The summed E-state index contributed by atoms with van der Waals surface area (Å²) in [5.74, 6) is -10.8. The number of carbonyl (C=O) groups excluding carboxylic acids is 5. The number of pyridine rings is 1. The van der Waals surface area contributed by atoms with E-state index in [0.29, 0.717) is 18.4 Å². The minimum atomic E-state index is -2.74. The van der Waals surface area contributed by atoms with Crippen molar-refractivity contribution in [2.24, 2.45) is 29.4 Å². The van der Waals surface area contributed by atoms with E-state index in [9.17, 15) is 34.2 Å². The van der Waals surface area contributed by atoms with Gasteiger partial charge in [0, 0.05) is 11.5 Å². The first-order valence-corrected chi connectivity index (χ1v) is 11.5. The van der Waals surface area contributed by atoms with Crippen LogP contribution in [-0.2, 0) is 32.0 Å². The third kappa shape index (κ3) is 3.15. The Kier molecular flexibility index (Phi) is 5.90. The number of aliphatic hydroxyl groups is 1. The molecule has 6 atom stereocenters. The summed E-state index contributed by atoms with van der Waals surface area (Å²) in [6.45, 7) is 1.86. The summed E-state index contributed by atoms with van der Waals surface area (Å²) >= 11 is 6.36. The standard InChI is InChI=1S/C23H26ClN3O7/c1-4-5-11-16(28)13-9(21(24)26-11)6-8-7-10-15(27(2)3)18(30)14(22(25)33)20(32)23(10,34)19(31)12(8)17(13)29/h8,10,12,14-15,28,34H,4-7H2,1-3H3,(H2,25,33)/t8-,10-,12?,14?,15-,23-/m0/s1. The van der Waals surface area contributed by atoms with Crippen molar-refractivity contribution in [1.82, 2.24) is 9.88 Å². The molecule has 0 aromatic carbocycles. The lowest BCUT2D eigenvalue weighted by Crippen LogP contribution is -2.74. The van der Waals surface area contributed by atoms with Crippen LogP contribution in [0, 0.1) is 23.7 Å². The molecule has 1 amide bonds. The fourth-order valence-electron chi connectivity index (χ4n) is 5.97. The molecule has 2 saturated carbocycles. The van der Waals surface area contributed by atoms with Crippen LogP contribution in [-0.4, -0.2) is 74.9 Å². The highest BCUT2D eigenvalue weighted by molar-refractivity contribution is 6.33. The third-order valence-corrected chi connectivity index (χ3v) is 7.75. The second-order valence-electron chi connectivity index (χ2n) is 9.59. The van der Waals surface area contributed by atoms with Gasteiger partial charge in [-0.1, -0.05) is 24.9 Å². The Morgan fingerprint density at radius 3 is 2.44 bits per heavy atom. The van der Waals surface area contributed by atoms with Gasteiger partial charge in [-0.15, -0.1) is 0 Å². The van der Waals surface area contributed by atoms with Crippen LogP contribution < -0.4 is 5.73 Å². The number of ketones is 4. The number of halogens is 1. The van der Waals surface area contributed by atoms with Crippen molar-refractivity contribution < 1.29 is 34.2 Å². The molecule has 0 bridgehead atoms. The summed E-state index contributed by atoms with van der Waals surface area (Å²) in [6, 6.07) is -1.14. The average molecular weight is 492 g/mol. The number of amides is 1. The molecule has 0 spiro atoms. The number of aromatic hydroxyl groups is 1. The molecule has 0 aliphatic heterocycles. The molecular weight excluding hydrogens is 466 g/mol. The number of likely N-dealkylation sites (N-methyl/N-ethyl adjacent to an activating group) is 1. The van der Waals surface area contributed by atoms with E-state index in [1.165, 1.54) is 19.0 Å². The Morgan fingerprint density at radius 2 is 1.88 bits per heavy atom. The summed E-state index contributed by atoms with van der Waals surface area (Å²) in [5, 5.41) is 22.3. The van der Waals surface area contributed by atoms with Crippen molar-refractivity contribution in [2.45, 2.75) is 44.2 Å². The van der Waals surface area contributed by atoms with Crippen LogP contribution in [0.15, 0.2) is 0 Å². The van der Waals surface area contributed by atoms with Gasteiger partial charge in [0.1, 0.15) is 10.9 Å². The first kappa shape index (κ1) is 24.4. The molecule has 1 heterocycles. The molecule has 2 unspecified atom stereocenters. The van der Waals surface area contributed by atoms with Crippen molar-refractivity contribution in [3.63, 3.8) is 0 Å². The van der Waals surface area contributed by atoms with Crippen LogP contribution in [0.2, 0.25) is 5.15 Å². The maximum absolute atomic E-state index is 13.7.